The number of ether oxygens (including phenoxy) is 1. The number of rotatable bonds is 20. The number of carbonyl (C=O) groups is 9. The van der Waals surface area contributed by atoms with Gasteiger partial charge in [0.2, 0.25) is 35.4 Å². The number of hydrogen-bond donors (Lipinski definition) is 9. The van der Waals surface area contributed by atoms with Gasteiger partial charge in [-0.3, -0.25) is 43.2 Å². The second-order valence-corrected chi connectivity index (χ2v) is 21.0. The summed E-state index contributed by atoms with van der Waals surface area (Å²) in [4.78, 5) is 127. The number of halogens is 2. The minimum Gasteiger partial charge on any atom is -0.469 e. The average Bonchev–Trinajstić information content (AvgIpc) is 4.05. The minimum absolute atomic E-state index is 0. The van der Waals surface area contributed by atoms with Crippen LogP contribution < -0.4 is 43.0 Å². The molecule has 0 bridgehead atoms. The Morgan fingerprint density at radius 1 is 0.731 bits per heavy atom. The number of methoxy groups -OCH3 is 1. The van der Waals surface area contributed by atoms with Gasteiger partial charge in [-0.05, 0) is 99.7 Å². The first-order valence-corrected chi connectivity index (χ1v) is 25.9. The molecule has 8 amide bonds. The number of likely N-dealkylation sites (N-methyl/N-ethyl adjacent to an activating group) is 1. The maximum atomic E-state index is 14.7. The molecule has 6 rings (SSSR count). The van der Waals surface area contributed by atoms with Gasteiger partial charge in [0, 0.05) is 42.7 Å². The van der Waals surface area contributed by atoms with Crippen LogP contribution in [0.4, 0.5) is 0 Å². The maximum absolute atomic E-state index is 14.7. The van der Waals surface area contributed by atoms with E-state index in [0.29, 0.717) is 6.42 Å². The Bertz CT molecular complexity index is 2620. The number of nitrogens with two attached hydrogens (primary N) is 1. The van der Waals surface area contributed by atoms with Gasteiger partial charge in [0.05, 0.1) is 31.8 Å². The molecule has 10 N–H and O–H groups in total. The highest BCUT2D eigenvalue weighted by Gasteiger charge is 2.47. The highest BCUT2D eigenvalue weighted by atomic mass is 35.5. The molecule has 1 aliphatic carbocycles. The second kappa shape index (κ2) is 28.8. The number of esters is 1. The Morgan fingerprint density at radius 2 is 1.31 bits per heavy atom. The van der Waals surface area contributed by atoms with Gasteiger partial charge >= 0.3 is 5.97 Å². The largest absolute Gasteiger partial charge is 0.469 e. The molecule has 21 nitrogen and oxygen atoms in total. The molecule has 2 heterocycles. The summed E-state index contributed by atoms with van der Waals surface area (Å²) >= 11 is 0. The van der Waals surface area contributed by atoms with Crippen LogP contribution in [0.1, 0.15) is 123 Å². The van der Waals surface area contributed by atoms with Gasteiger partial charge < -0.3 is 62.6 Å². The van der Waals surface area contributed by atoms with Crippen molar-refractivity contribution >= 4 is 78.0 Å². The first-order valence-electron chi connectivity index (χ1n) is 25.9. The quantitative estimate of drug-likeness (QED) is 0.0732. The fourth-order valence-corrected chi connectivity index (χ4v) is 9.91. The normalized spacial score (nSPS) is 20.6. The van der Waals surface area contributed by atoms with Crippen molar-refractivity contribution in [1.82, 2.24) is 47.0 Å². The molecule has 2 saturated heterocycles. The number of carbonyl (C=O) groups excluding carboxylic acids is 9. The molecule has 23 heteroatoms. The van der Waals surface area contributed by atoms with E-state index in [4.69, 9.17) is 10.5 Å². The first-order chi connectivity index (χ1) is 36.1. The second-order valence-electron chi connectivity index (χ2n) is 21.0. The molecule has 0 aromatic heterocycles. The first kappa shape index (κ1) is 63.9. The number of likely N-dealkylation sites (tertiary alicyclic amines) is 2. The van der Waals surface area contributed by atoms with Crippen molar-refractivity contribution in [2.75, 3.05) is 33.9 Å². The summed E-state index contributed by atoms with van der Waals surface area (Å²) in [6.45, 7) is 7.95. The molecule has 2 aliphatic heterocycles. The standard InChI is InChI=1S/C55H74N10O11.2ClH/c1-31(33-15-9-8-10-16-33)58-51(72)43-26-37(28-64(43)53(74)42(23-24-45(67)76-7)62-50(71)40(56)30-66)59-48(69)35-19-13-20-36(25-35)49(70)60-38-27-44(52(73)61-41-22-14-18-34-17-11-12-21-39(34)41)65(29-38)54(75)46(55(3,4)5)63-47(68)32(2)57-6;;/h8-13,15-17,19-21,25,31-32,37-38,40-44,46,57,66H,14,18,22-24,26-30,56H2,1-7H3,(H,58,72)(H,59,69)(H,60,70)(H,61,73)(H,62,71)(H,63,68);2*1H/t31-,32+,37+,38+,40+,41-,42+,43+,44?,46?;;/m1../s1. The van der Waals surface area contributed by atoms with Crippen molar-refractivity contribution in [2.45, 2.75) is 140 Å². The van der Waals surface area contributed by atoms with E-state index in [1.165, 1.54) is 41.2 Å². The fraction of sp³-hybridized carbons (Fsp3) is 0.509. The fourth-order valence-electron chi connectivity index (χ4n) is 9.91. The van der Waals surface area contributed by atoms with Gasteiger partial charge in [0.1, 0.15) is 30.2 Å². The number of aliphatic hydroxyl groups excluding tert-OH is 1. The zero-order valence-corrected chi connectivity index (χ0v) is 46.8. The number of aryl methyl sites for hydroxylation is 1. The lowest BCUT2D eigenvalue weighted by Crippen LogP contribution is -2.59. The van der Waals surface area contributed by atoms with Crippen LogP contribution >= 0.6 is 24.8 Å². The molecule has 0 spiro atoms. The van der Waals surface area contributed by atoms with E-state index in [2.05, 4.69) is 37.2 Å². The lowest BCUT2D eigenvalue weighted by Gasteiger charge is -2.36. The minimum atomic E-state index is -1.38. The molecule has 3 aliphatic rings. The summed E-state index contributed by atoms with van der Waals surface area (Å²) < 4.78 is 4.76. The Kier molecular flexibility index (Phi) is 23.6. The Hall–Kier alpha value is -6.65. The Morgan fingerprint density at radius 3 is 1.88 bits per heavy atom. The van der Waals surface area contributed by atoms with Gasteiger partial charge in [-0.15, -0.1) is 24.8 Å². The highest BCUT2D eigenvalue weighted by Crippen LogP contribution is 2.32. The zero-order valence-electron chi connectivity index (χ0n) is 45.2. The molecule has 3 aromatic rings. The number of benzene rings is 3. The van der Waals surface area contributed by atoms with Gasteiger partial charge in [0.25, 0.3) is 11.8 Å². The van der Waals surface area contributed by atoms with E-state index in [0.717, 1.165) is 29.5 Å². The number of fused-ring (bicyclic) bond motifs is 1. The molecule has 3 aromatic carbocycles. The van der Waals surface area contributed by atoms with Crippen molar-refractivity contribution < 1.29 is 53.0 Å². The predicted molar refractivity (Wildman–Crippen MR) is 295 cm³/mol. The highest BCUT2D eigenvalue weighted by molar-refractivity contribution is 6.01. The molecule has 10 atom stereocenters. The van der Waals surface area contributed by atoms with E-state index >= 15 is 0 Å². The smallest absolute Gasteiger partial charge is 0.305 e. The van der Waals surface area contributed by atoms with Crippen LogP contribution in [0, 0.1) is 5.41 Å². The molecule has 2 fully saturated rings. The van der Waals surface area contributed by atoms with Crippen LogP contribution in [0.15, 0.2) is 78.9 Å². The monoisotopic (exact) mass is 1120 g/mol. The zero-order chi connectivity index (χ0) is 55.4. The van der Waals surface area contributed by atoms with Crippen molar-refractivity contribution in [2.24, 2.45) is 11.1 Å². The summed E-state index contributed by atoms with van der Waals surface area (Å²) in [6, 6.07) is 14.1. The topological polar surface area (TPSA) is 300 Å². The van der Waals surface area contributed by atoms with Crippen LogP contribution in [0.3, 0.4) is 0 Å². The third kappa shape index (κ3) is 16.2. The molecule has 426 valence electrons. The van der Waals surface area contributed by atoms with Crippen LogP contribution in [-0.4, -0.2) is 150 Å². The summed E-state index contributed by atoms with van der Waals surface area (Å²) in [5.41, 5.74) is 8.10. The van der Waals surface area contributed by atoms with Gasteiger partial charge in [-0.2, -0.15) is 0 Å². The molecular formula is C55H76Cl2N10O11. The van der Waals surface area contributed by atoms with Crippen LogP contribution in [0.25, 0.3) is 0 Å². The number of nitrogens with zero attached hydrogens (tertiary/aromatic N) is 2. The van der Waals surface area contributed by atoms with E-state index in [1.54, 1.807) is 20.9 Å². The third-order valence-electron chi connectivity index (χ3n) is 14.4. The van der Waals surface area contributed by atoms with Crippen LogP contribution in [-0.2, 0) is 44.7 Å². The lowest BCUT2D eigenvalue weighted by molar-refractivity contribution is -0.144. The van der Waals surface area contributed by atoms with Gasteiger partial charge in [-0.1, -0.05) is 81.4 Å². The van der Waals surface area contributed by atoms with Crippen LogP contribution in [0.5, 0.6) is 0 Å². The maximum Gasteiger partial charge on any atom is 0.305 e. The van der Waals surface area contributed by atoms with Crippen molar-refractivity contribution in [3.05, 3.63) is 107 Å². The summed E-state index contributed by atoms with van der Waals surface area (Å²) in [7, 11) is 2.81. The van der Waals surface area contributed by atoms with E-state index in [-0.39, 0.29) is 80.8 Å². The summed E-state index contributed by atoms with van der Waals surface area (Å²) in [5, 5.41) is 29.8. The number of nitrogens with one attached hydrogen (secondary N) is 7. The number of hydrogen-bond acceptors (Lipinski definition) is 13. The van der Waals surface area contributed by atoms with E-state index < -0.39 is 120 Å². The molecule has 78 heavy (non-hydrogen) atoms. The predicted octanol–water partition coefficient (Wildman–Crippen LogP) is 1.90. The van der Waals surface area contributed by atoms with Gasteiger partial charge in [-0.25, -0.2) is 0 Å². The number of aliphatic hydroxyl groups is 1. The molecule has 0 saturated carbocycles. The van der Waals surface area contributed by atoms with Crippen molar-refractivity contribution in [3.8, 4) is 0 Å². The van der Waals surface area contributed by atoms with Gasteiger partial charge in [0.15, 0.2) is 0 Å². The third-order valence-corrected chi connectivity index (χ3v) is 14.4. The SMILES string of the molecule is CN[C@@H](C)C(=O)NC(C(=O)N1C[C@@H](NC(=O)c2cccc(C(=O)N[C@H]3C[C@@H](C(=O)N[C@H](C)c4ccccc4)N(C(=O)[C@H](CCC(=O)OC)NC(=O)[C@@H](N)CO)C3)c2)CC1C(=O)N[C@@H]1CCCc2ccccc21)C(C)(C)C.Cl.Cl. The lowest BCUT2D eigenvalue weighted by atomic mass is 9.85. The summed E-state index contributed by atoms with van der Waals surface area (Å²) in [6.07, 6.45) is 1.96. The number of amides is 8. The average molecular weight is 1120 g/mol. The Balaban J connectivity index is 0.00000656. The van der Waals surface area contributed by atoms with Crippen LogP contribution in [0.2, 0.25) is 0 Å². The van der Waals surface area contributed by atoms with E-state index in [1.807, 2.05) is 75.4 Å². The molecule has 0 radical (unpaired) electrons. The van der Waals surface area contributed by atoms with E-state index in [9.17, 15) is 48.3 Å². The Labute approximate surface area is 467 Å². The summed E-state index contributed by atoms with van der Waals surface area (Å²) in [5.74, 6) is -5.28. The molecule has 2 unspecified atom stereocenters. The van der Waals surface area contributed by atoms with Crippen molar-refractivity contribution in [3.63, 3.8) is 0 Å². The molecular weight excluding hydrogens is 1050 g/mol. The van der Waals surface area contributed by atoms with Crippen molar-refractivity contribution in [1.29, 1.82) is 0 Å².